The smallest absolute Gasteiger partial charge is 0.0414 e. The third-order valence-corrected chi connectivity index (χ3v) is 1.64. The van der Waals surface area contributed by atoms with E-state index in [2.05, 4.69) is 18.5 Å². The van der Waals surface area contributed by atoms with E-state index in [0.29, 0.717) is 0 Å². The molecular weight excluding hydrogens is 134 g/mol. The monoisotopic (exact) mass is 147 g/mol. The Morgan fingerprint density at radius 1 is 1.55 bits per heavy atom. The molecule has 0 unspecified atom stereocenters. The highest BCUT2D eigenvalue weighted by atomic mass is 14.9. The zero-order valence-corrected chi connectivity index (χ0v) is 6.85. The number of allylic oxidation sites excluding steroid dienone is 4. The van der Waals surface area contributed by atoms with Crippen LogP contribution in [0.5, 0.6) is 0 Å². The molecule has 1 aliphatic heterocycles. The first kappa shape index (κ1) is 7.86. The molecule has 0 saturated carbocycles. The molecule has 0 aromatic rings. The summed E-state index contributed by atoms with van der Waals surface area (Å²) in [5.74, 6) is 0. The van der Waals surface area contributed by atoms with Crippen LogP contribution in [0.1, 0.15) is 13.3 Å². The van der Waals surface area contributed by atoms with Crippen molar-refractivity contribution in [2.75, 3.05) is 0 Å². The van der Waals surface area contributed by atoms with Crippen LogP contribution in [0.15, 0.2) is 48.4 Å². The predicted molar refractivity (Wildman–Crippen MR) is 48.9 cm³/mol. The van der Waals surface area contributed by atoms with E-state index < -0.39 is 0 Å². The molecule has 0 atom stereocenters. The lowest BCUT2D eigenvalue weighted by Crippen LogP contribution is -2.01. The van der Waals surface area contributed by atoms with Gasteiger partial charge in [0.1, 0.15) is 0 Å². The summed E-state index contributed by atoms with van der Waals surface area (Å²) in [5, 5.41) is 3.18. The normalized spacial score (nSPS) is 17.7. The standard InChI is InChI=1S/C10H13N/c1-4-6-10-9(5-2)7-8(3)11-10/h4-6,11H,2-3,7H2,1H3/b6-4-. The molecule has 1 aliphatic rings. The van der Waals surface area contributed by atoms with Gasteiger partial charge in [0.15, 0.2) is 0 Å². The average Bonchev–Trinajstić information content (AvgIpc) is 2.32. The molecule has 0 amide bonds. The van der Waals surface area contributed by atoms with Gasteiger partial charge in [-0.05, 0) is 18.6 Å². The molecule has 58 valence electrons. The van der Waals surface area contributed by atoms with Gasteiger partial charge in [-0.2, -0.15) is 0 Å². The summed E-state index contributed by atoms with van der Waals surface area (Å²) in [6, 6.07) is 0. The molecule has 0 fully saturated rings. The van der Waals surface area contributed by atoms with Crippen LogP contribution in [-0.4, -0.2) is 0 Å². The van der Waals surface area contributed by atoms with Crippen LogP contribution in [0, 0.1) is 0 Å². The van der Waals surface area contributed by atoms with Crippen LogP contribution in [0.25, 0.3) is 0 Å². The molecular formula is C10H13N. The Morgan fingerprint density at radius 2 is 2.27 bits per heavy atom. The highest BCUT2D eigenvalue weighted by molar-refractivity contribution is 5.40. The van der Waals surface area contributed by atoms with Crippen molar-refractivity contribution in [2.24, 2.45) is 0 Å². The van der Waals surface area contributed by atoms with E-state index >= 15 is 0 Å². The molecule has 0 radical (unpaired) electrons. The summed E-state index contributed by atoms with van der Waals surface area (Å²) in [7, 11) is 0. The number of hydrogen-bond donors (Lipinski definition) is 1. The maximum Gasteiger partial charge on any atom is 0.0414 e. The summed E-state index contributed by atoms with van der Waals surface area (Å²) in [6.45, 7) is 9.58. The van der Waals surface area contributed by atoms with Crippen molar-refractivity contribution in [3.63, 3.8) is 0 Å². The molecule has 0 saturated heterocycles. The quantitative estimate of drug-likeness (QED) is 0.632. The van der Waals surface area contributed by atoms with Gasteiger partial charge in [0, 0.05) is 17.8 Å². The third-order valence-electron chi connectivity index (χ3n) is 1.64. The van der Waals surface area contributed by atoms with Crippen molar-refractivity contribution in [1.82, 2.24) is 5.32 Å². The highest BCUT2D eigenvalue weighted by Crippen LogP contribution is 2.21. The van der Waals surface area contributed by atoms with Crippen LogP contribution in [0.2, 0.25) is 0 Å². The van der Waals surface area contributed by atoms with Gasteiger partial charge in [-0.15, -0.1) is 0 Å². The first-order chi connectivity index (χ1) is 5.27. The van der Waals surface area contributed by atoms with E-state index in [1.807, 2.05) is 25.2 Å². The summed E-state index contributed by atoms with van der Waals surface area (Å²) in [6.07, 6.45) is 6.82. The molecule has 1 rings (SSSR count). The van der Waals surface area contributed by atoms with Crippen LogP contribution < -0.4 is 5.32 Å². The molecule has 0 aromatic carbocycles. The van der Waals surface area contributed by atoms with Crippen molar-refractivity contribution in [1.29, 1.82) is 0 Å². The summed E-state index contributed by atoms with van der Waals surface area (Å²) in [5.41, 5.74) is 3.41. The summed E-state index contributed by atoms with van der Waals surface area (Å²) < 4.78 is 0. The minimum atomic E-state index is 0.906. The van der Waals surface area contributed by atoms with Crippen molar-refractivity contribution in [2.45, 2.75) is 13.3 Å². The largest absolute Gasteiger partial charge is 0.359 e. The molecule has 1 heterocycles. The van der Waals surface area contributed by atoms with Gasteiger partial charge in [-0.25, -0.2) is 0 Å². The maximum atomic E-state index is 3.85. The Kier molecular flexibility index (Phi) is 2.32. The molecule has 1 nitrogen and oxygen atoms in total. The number of rotatable bonds is 2. The number of nitrogens with one attached hydrogen (secondary N) is 1. The molecule has 0 aromatic heterocycles. The molecule has 1 N–H and O–H groups in total. The van der Waals surface area contributed by atoms with Crippen molar-refractivity contribution in [3.05, 3.63) is 48.4 Å². The Hall–Kier alpha value is -1.24. The van der Waals surface area contributed by atoms with Crippen molar-refractivity contribution in [3.8, 4) is 0 Å². The summed E-state index contributed by atoms with van der Waals surface area (Å²) >= 11 is 0. The van der Waals surface area contributed by atoms with Crippen LogP contribution >= 0.6 is 0 Å². The summed E-state index contributed by atoms with van der Waals surface area (Å²) in [4.78, 5) is 0. The zero-order valence-electron chi connectivity index (χ0n) is 6.85. The van der Waals surface area contributed by atoms with Gasteiger partial charge in [-0.3, -0.25) is 0 Å². The van der Waals surface area contributed by atoms with E-state index in [9.17, 15) is 0 Å². The minimum Gasteiger partial charge on any atom is -0.359 e. The van der Waals surface area contributed by atoms with Gasteiger partial charge in [0.2, 0.25) is 0 Å². The Labute approximate surface area is 67.8 Å². The van der Waals surface area contributed by atoms with Gasteiger partial charge in [0.25, 0.3) is 0 Å². The third kappa shape index (κ3) is 1.61. The molecule has 0 spiro atoms. The van der Waals surface area contributed by atoms with Crippen LogP contribution in [-0.2, 0) is 0 Å². The fraction of sp³-hybridized carbons (Fsp3) is 0.200. The fourth-order valence-electron chi connectivity index (χ4n) is 1.14. The van der Waals surface area contributed by atoms with Gasteiger partial charge in [-0.1, -0.05) is 25.3 Å². The SMILES string of the molecule is C=CC1=C(/C=C\C)NC(=C)C1. The fourth-order valence-corrected chi connectivity index (χ4v) is 1.14. The Morgan fingerprint density at radius 3 is 2.82 bits per heavy atom. The lowest BCUT2D eigenvalue weighted by molar-refractivity contribution is 1.04. The van der Waals surface area contributed by atoms with Gasteiger partial charge >= 0.3 is 0 Å². The maximum absolute atomic E-state index is 3.85. The molecule has 1 heteroatoms. The van der Waals surface area contributed by atoms with E-state index in [1.54, 1.807) is 0 Å². The Bertz CT molecular complexity index is 244. The minimum absolute atomic E-state index is 0.906. The van der Waals surface area contributed by atoms with E-state index in [0.717, 1.165) is 17.8 Å². The van der Waals surface area contributed by atoms with Crippen LogP contribution in [0.3, 0.4) is 0 Å². The lowest BCUT2D eigenvalue weighted by Gasteiger charge is -1.96. The van der Waals surface area contributed by atoms with Crippen molar-refractivity contribution < 1.29 is 0 Å². The molecule has 11 heavy (non-hydrogen) atoms. The van der Waals surface area contributed by atoms with Gasteiger partial charge in [0.05, 0.1) is 0 Å². The molecule has 0 aliphatic carbocycles. The second-order valence-corrected chi connectivity index (χ2v) is 2.55. The van der Waals surface area contributed by atoms with E-state index in [1.165, 1.54) is 5.57 Å². The second-order valence-electron chi connectivity index (χ2n) is 2.55. The topological polar surface area (TPSA) is 12.0 Å². The average molecular weight is 147 g/mol. The van der Waals surface area contributed by atoms with Crippen molar-refractivity contribution >= 4 is 0 Å². The highest BCUT2D eigenvalue weighted by Gasteiger charge is 2.10. The Balaban J connectivity index is 2.87. The first-order valence-corrected chi connectivity index (χ1v) is 3.71. The molecule has 0 bridgehead atoms. The van der Waals surface area contributed by atoms with E-state index in [4.69, 9.17) is 0 Å². The lowest BCUT2D eigenvalue weighted by atomic mass is 10.2. The second kappa shape index (κ2) is 3.24. The number of hydrogen-bond acceptors (Lipinski definition) is 1. The predicted octanol–water partition coefficient (Wildman–Crippen LogP) is 2.51. The van der Waals surface area contributed by atoms with Gasteiger partial charge < -0.3 is 5.32 Å². The van der Waals surface area contributed by atoms with Crippen LogP contribution in [0.4, 0.5) is 0 Å². The first-order valence-electron chi connectivity index (χ1n) is 3.71. The zero-order chi connectivity index (χ0) is 8.27. The van der Waals surface area contributed by atoms with E-state index in [-0.39, 0.29) is 0 Å².